The molecular weight excluding hydrogens is 226 g/mol. The van der Waals surface area contributed by atoms with E-state index >= 15 is 0 Å². The Morgan fingerprint density at radius 1 is 1.29 bits per heavy atom. The highest BCUT2D eigenvalue weighted by Gasteiger charge is 2.24. The van der Waals surface area contributed by atoms with Crippen molar-refractivity contribution in [2.45, 2.75) is 25.4 Å². The Hall–Kier alpha value is -1.14. The molecule has 0 fully saturated rings. The van der Waals surface area contributed by atoms with Gasteiger partial charge in [-0.2, -0.15) is 0 Å². The lowest BCUT2D eigenvalue weighted by atomic mass is 10.2. The third-order valence-corrected chi connectivity index (χ3v) is 1.99. The summed E-state index contributed by atoms with van der Waals surface area (Å²) in [6.07, 6.45) is -0.369. The topological polar surface area (TPSA) is 83.8 Å². The number of carbonyl (C=O) groups excluding carboxylic acids is 1. The highest BCUT2D eigenvalue weighted by Crippen LogP contribution is 2.07. The van der Waals surface area contributed by atoms with Gasteiger partial charge in [0.05, 0.1) is 27.6 Å². The number of hydrogen-bond donors (Lipinski definition) is 2. The summed E-state index contributed by atoms with van der Waals surface area (Å²) in [7, 11) is 5.70. The van der Waals surface area contributed by atoms with E-state index in [-0.39, 0.29) is 19.4 Å². The van der Waals surface area contributed by atoms with E-state index in [2.05, 4.69) is 0 Å². The van der Waals surface area contributed by atoms with Crippen molar-refractivity contribution in [2.24, 2.45) is 0 Å². The van der Waals surface area contributed by atoms with Crippen molar-refractivity contribution in [1.82, 2.24) is 0 Å². The fraction of sp³-hybridized carbons (Fsp3) is 0.818. The van der Waals surface area contributed by atoms with Gasteiger partial charge in [-0.3, -0.25) is 9.59 Å². The number of rotatable bonds is 8. The summed E-state index contributed by atoms with van der Waals surface area (Å²) < 4.78 is 5.61. The molecule has 1 atom stereocenters. The fourth-order valence-corrected chi connectivity index (χ4v) is 1.42. The van der Waals surface area contributed by atoms with Crippen LogP contribution < -0.4 is 0 Å². The SMILES string of the molecule is C[N+](C)(C)C[C@@H](CC(=O)O)OC(=O)CCCO. The van der Waals surface area contributed by atoms with Crippen LogP contribution in [0.3, 0.4) is 0 Å². The van der Waals surface area contributed by atoms with Gasteiger partial charge in [-0.05, 0) is 6.42 Å². The van der Waals surface area contributed by atoms with E-state index in [1.807, 2.05) is 21.1 Å². The van der Waals surface area contributed by atoms with Crippen LogP contribution in [0, 0.1) is 0 Å². The Bertz CT molecular complexity index is 259. The zero-order valence-electron chi connectivity index (χ0n) is 10.7. The first kappa shape index (κ1) is 15.9. The van der Waals surface area contributed by atoms with Crippen molar-refractivity contribution < 1.29 is 29.0 Å². The zero-order valence-corrected chi connectivity index (χ0v) is 10.7. The molecule has 0 unspecified atom stereocenters. The van der Waals surface area contributed by atoms with Gasteiger partial charge in [0, 0.05) is 13.0 Å². The molecule has 0 aromatic carbocycles. The van der Waals surface area contributed by atoms with Crippen LogP contribution in [0.4, 0.5) is 0 Å². The molecule has 6 heteroatoms. The molecular formula is C11H22NO5+. The molecule has 0 saturated heterocycles. The number of aliphatic hydroxyl groups excluding tert-OH is 1. The second-order valence-corrected chi connectivity index (χ2v) is 5.01. The van der Waals surface area contributed by atoms with Crippen LogP contribution in [-0.4, -0.2) is 67.0 Å². The lowest BCUT2D eigenvalue weighted by molar-refractivity contribution is -0.873. The predicted molar refractivity (Wildman–Crippen MR) is 61.4 cm³/mol. The molecule has 0 heterocycles. The van der Waals surface area contributed by atoms with Gasteiger partial charge in [0.25, 0.3) is 0 Å². The fourth-order valence-electron chi connectivity index (χ4n) is 1.42. The number of ether oxygens (including phenoxy) is 1. The van der Waals surface area contributed by atoms with Crippen molar-refractivity contribution in [3.05, 3.63) is 0 Å². The van der Waals surface area contributed by atoms with Crippen LogP contribution in [0.15, 0.2) is 0 Å². The maximum absolute atomic E-state index is 11.3. The predicted octanol–water partition coefficient (Wildman–Crippen LogP) is -0.148. The average Bonchev–Trinajstić information content (AvgIpc) is 2.10. The molecule has 17 heavy (non-hydrogen) atoms. The van der Waals surface area contributed by atoms with E-state index in [0.717, 1.165) is 0 Å². The second-order valence-electron chi connectivity index (χ2n) is 5.01. The molecule has 0 bridgehead atoms. The first-order valence-electron chi connectivity index (χ1n) is 5.57. The van der Waals surface area contributed by atoms with E-state index < -0.39 is 18.0 Å². The summed E-state index contributed by atoms with van der Waals surface area (Å²) in [5, 5.41) is 17.3. The summed E-state index contributed by atoms with van der Waals surface area (Å²) in [6, 6.07) is 0. The van der Waals surface area contributed by atoms with Crippen LogP contribution in [0.2, 0.25) is 0 Å². The number of aliphatic hydroxyl groups is 1. The monoisotopic (exact) mass is 248 g/mol. The summed E-state index contributed by atoms with van der Waals surface area (Å²) in [6.45, 7) is 0.366. The smallest absolute Gasteiger partial charge is 0.307 e. The molecule has 2 N–H and O–H groups in total. The second kappa shape index (κ2) is 7.24. The van der Waals surface area contributed by atoms with E-state index in [4.69, 9.17) is 14.9 Å². The normalized spacial score (nSPS) is 13.2. The lowest BCUT2D eigenvalue weighted by Crippen LogP contribution is -2.43. The lowest BCUT2D eigenvalue weighted by Gasteiger charge is -2.28. The number of carbonyl (C=O) groups is 2. The van der Waals surface area contributed by atoms with Crippen molar-refractivity contribution in [3.8, 4) is 0 Å². The minimum absolute atomic E-state index is 0.0754. The molecule has 6 nitrogen and oxygen atoms in total. The van der Waals surface area contributed by atoms with Crippen LogP contribution in [0.1, 0.15) is 19.3 Å². The van der Waals surface area contributed by atoms with Gasteiger partial charge in [0.15, 0.2) is 6.10 Å². The van der Waals surface area contributed by atoms with E-state index in [1.165, 1.54) is 0 Å². The number of carboxylic acids is 1. The molecule has 0 radical (unpaired) electrons. The molecule has 0 spiro atoms. The molecule has 0 aliphatic carbocycles. The molecule has 100 valence electrons. The van der Waals surface area contributed by atoms with Crippen molar-refractivity contribution in [3.63, 3.8) is 0 Å². The third-order valence-electron chi connectivity index (χ3n) is 1.99. The number of nitrogens with zero attached hydrogens (tertiary/aromatic N) is 1. The van der Waals surface area contributed by atoms with Gasteiger partial charge in [-0.15, -0.1) is 0 Å². The molecule has 0 rings (SSSR count). The maximum atomic E-state index is 11.3. The highest BCUT2D eigenvalue weighted by atomic mass is 16.5. The first-order chi connectivity index (χ1) is 7.74. The number of aliphatic carboxylic acids is 1. The molecule has 0 aliphatic rings. The van der Waals surface area contributed by atoms with Gasteiger partial charge in [0.2, 0.25) is 0 Å². The summed E-state index contributed by atoms with van der Waals surface area (Å²) in [5.74, 6) is -1.45. The Morgan fingerprint density at radius 2 is 1.88 bits per heavy atom. The van der Waals surface area contributed by atoms with E-state index in [9.17, 15) is 9.59 Å². The number of quaternary nitrogens is 1. The van der Waals surface area contributed by atoms with E-state index in [0.29, 0.717) is 17.4 Å². The Kier molecular flexibility index (Phi) is 6.75. The number of likely N-dealkylation sites (N-methyl/N-ethyl adjacent to an activating group) is 1. The number of esters is 1. The quantitative estimate of drug-likeness (QED) is 0.461. The van der Waals surface area contributed by atoms with Crippen LogP contribution in [-0.2, 0) is 14.3 Å². The molecule has 0 aromatic rings. The molecule has 0 aliphatic heterocycles. The number of carboxylic acid groups (broad SMARTS) is 1. The van der Waals surface area contributed by atoms with Crippen LogP contribution >= 0.6 is 0 Å². The number of hydrogen-bond acceptors (Lipinski definition) is 4. The van der Waals surface area contributed by atoms with Crippen LogP contribution in [0.25, 0.3) is 0 Å². The van der Waals surface area contributed by atoms with Crippen molar-refractivity contribution >= 4 is 11.9 Å². The zero-order chi connectivity index (χ0) is 13.5. The van der Waals surface area contributed by atoms with Crippen LogP contribution in [0.5, 0.6) is 0 Å². The summed E-state index contributed by atoms with van der Waals surface area (Å²) in [5.41, 5.74) is 0. The van der Waals surface area contributed by atoms with Gasteiger partial charge < -0.3 is 19.4 Å². The Balaban J connectivity index is 4.28. The maximum Gasteiger partial charge on any atom is 0.307 e. The highest BCUT2D eigenvalue weighted by molar-refractivity contribution is 5.71. The summed E-state index contributed by atoms with van der Waals surface area (Å²) >= 11 is 0. The van der Waals surface area contributed by atoms with Crippen molar-refractivity contribution in [1.29, 1.82) is 0 Å². The minimum Gasteiger partial charge on any atom is -0.481 e. The molecule has 0 aromatic heterocycles. The molecule has 0 amide bonds. The van der Waals surface area contributed by atoms with Gasteiger partial charge in [-0.25, -0.2) is 0 Å². The Morgan fingerprint density at radius 3 is 2.29 bits per heavy atom. The minimum atomic E-state index is -0.988. The standard InChI is InChI=1S/C11H21NO5/c1-12(2,3)8-9(7-10(14)15)17-11(16)5-4-6-13/h9,13H,4-8H2,1-3H3/p+1/t9-/m1/s1. The van der Waals surface area contributed by atoms with Crippen molar-refractivity contribution in [2.75, 3.05) is 34.3 Å². The summed E-state index contributed by atoms with van der Waals surface area (Å²) in [4.78, 5) is 22.0. The largest absolute Gasteiger partial charge is 0.481 e. The van der Waals surface area contributed by atoms with Gasteiger partial charge in [-0.1, -0.05) is 0 Å². The van der Waals surface area contributed by atoms with Gasteiger partial charge >= 0.3 is 11.9 Å². The Labute approximate surface area is 101 Å². The van der Waals surface area contributed by atoms with E-state index in [1.54, 1.807) is 0 Å². The third kappa shape index (κ3) is 9.77. The van der Waals surface area contributed by atoms with Gasteiger partial charge in [0.1, 0.15) is 6.54 Å². The molecule has 0 saturated carbocycles. The average molecular weight is 248 g/mol. The first-order valence-corrected chi connectivity index (χ1v) is 5.57.